The minimum atomic E-state index is -3.70. The van der Waals surface area contributed by atoms with Crippen molar-refractivity contribution >= 4 is 21.6 Å². The van der Waals surface area contributed by atoms with E-state index in [0.717, 1.165) is 16.8 Å². The smallest absolute Gasteiger partial charge is 0.241 e. The van der Waals surface area contributed by atoms with Gasteiger partial charge in [-0.05, 0) is 29.8 Å². The molecular weight excluding hydrogens is 328 g/mol. The highest BCUT2D eigenvalue weighted by molar-refractivity contribution is 7.89. The molecule has 0 aromatic heterocycles. The van der Waals surface area contributed by atoms with E-state index in [-0.39, 0.29) is 23.8 Å². The molecule has 4 rings (SSSR count). The van der Waals surface area contributed by atoms with Crippen molar-refractivity contribution in [2.45, 2.75) is 17.4 Å². The van der Waals surface area contributed by atoms with Crippen LogP contribution >= 0.6 is 0 Å². The summed E-state index contributed by atoms with van der Waals surface area (Å²) in [4.78, 5) is 13.5. The highest BCUT2D eigenvalue weighted by Crippen LogP contribution is 2.34. The number of para-hydroxylation sites is 1. The second-order valence-electron chi connectivity index (χ2n) is 5.94. The van der Waals surface area contributed by atoms with Crippen LogP contribution < -0.4 is 14.4 Å². The van der Waals surface area contributed by atoms with Crippen molar-refractivity contribution in [2.24, 2.45) is 0 Å². The van der Waals surface area contributed by atoms with Crippen molar-refractivity contribution in [1.29, 1.82) is 0 Å². The summed E-state index contributed by atoms with van der Waals surface area (Å²) in [6, 6.07) is 11.7. The lowest BCUT2D eigenvalue weighted by Crippen LogP contribution is -2.29. The van der Waals surface area contributed by atoms with Crippen LogP contribution in [0.25, 0.3) is 0 Å². The van der Waals surface area contributed by atoms with Gasteiger partial charge in [0.15, 0.2) is 0 Å². The van der Waals surface area contributed by atoms with E-state index in [9.17, 15) is 13.2 Å². The van der Waals surface area contributed by atoms with Gasteiger partial charge in [0.25, 0.3) is 0 Å². The average Bonchev–Trinajstić information content (AvgIpc) is 3.09. The summed E-state index contributed by atoms with van der Waals surface area (Å²) in [6.07, 6.45) is 0.227. The Morgan fingerprint density at radius 3 is 2.83 bits per heavy atom. The number of carbonyl (C=O) groups is 1. The Bertz CT molecular complexity index is 939. The van der Waals surface area contributed by atoms with Gasteiger partial charge in [-0.2, -0.15) is 0 Å². The molecule has 0 fully saturated rings. The molecule has 2 heterocycles. The van der Waals surface area contributed by atoms with E-state index in [0.29, 0.717) is 5.75 Å². The highest BCUT2D eigenvalue weighted by Gasteiger charge is 2.30. The Morgan fingerprint density at radius 1 is 1.21 bits per heavy atom. The molecule has 1 atom stereocenters. The van der Waals surface area contributed by atoms with Gasteiger partial charge in [-0.15, -0.1) is 0 Å². The van der Waals surface area contributed by atoms with Crippen molar-refractivity contribution in [3.8, 4) is 5.75 Å². The molecule has 6 nitrogen and oxygen atoms in total. The molecule has 0 bridgehead atoms. The summed E-state index contributed by atoms with van der Waals surface area (Å²) < 4.78 is 33.6. The van der Waals surface area contributed by atoms with Crippen molar-refractivity contribution in [1.82, 2.24) is 4.72 Å². The van der Waals surface area contributed by atoms with Crippen molar-refractivity contribution in [2.75, 3.05) is 18.6 Å². The monoisotopic (exact) mass is 344 g/mol. The number of hydrogen-bond donors (Lipinski definition) is 1. The van der Waals surface area contributed by atoms with Gasteiger partial charge in [0.1, 0.15) is 12.4 Å². The maximum atomic E-state index is 12.7. The first kappa shape index (κ1) is 15.2. The SMILES string of the molecule is CN1C(=O)Cc2cc(S(=O)(=O)NC3COc4ccccc43)ccc21. The Morgan fingerprint density at radius 2 is 2.00 bits per heavy atom. The van der Waals surface area contributed by atoms with Gasteiger partial charge in [-0.25, -0.2) is 13.1 Å². The zero-order valence-corrected chi connectivity index (χ0v) is 13.8. The molecule has 2 aromatic carbocycles. The summed E-state index contributed by atoms with van der Waals surface area (Å²) >= 11 is 0. The number of sulfonamides is 1. The lowest BCUT2D eigenvalue weighted by molar-refractivity contribution is -0.117. The maximum Gasteiger partial charge on any atom is 0.241 e. The topological polar surface area (TPSA) is 75.7 Å². The van der Waals surface area contributed by atoms with Gasteiger partial charge in [-0.1, -0.05) is 18.2 Å². The van der Waals surface area contributed by atoms with E-state index in [2.05, 4.69) is 4.72 Å². The van der Waals surface area contributed by atoms with E-state index in [1.165, 1.54) is 6.07 Å². The fourth-order valence-electron chi connectivity index (χ4n) is 3.13. The van der Waals surface area contributed by atoms with Crippen LogP contribution in [0.5, 0.6) is 5.75 Å². The summed E-state index contributed by atoms with van der Waals surface area (Å²) in [5.74, 6) is 0.664. The van der Waals surface area contributed by atoms with Gasteiger partial charge in [0.2, 0.25) is 15.9 Å². The molecule has 1 N–H and O–H groups in total. The van der Waals surface area contributed by atoms with E-state index in [4.69, 9.17) is 4.74 Å². The predicted molar refractivity (Wildman–Crippen MR) is 88.6 cm³/mol. The molecular formula is C17H16N2O4S. The van der Waals surface area contributed by atoms with Crippen molar-refractivity contribution in [3.05, 3.63) is 53.6 Å². The average molecular weight is 344 g/mol. The zero-order chi connectivity index (χ0) is 16.9. The van der Waals surface area contributed by atoms with Crippen LogP contribution in [0, 0.1) is 0 Å². The minimum Gasteiger partial charge on any atom is -0.491 e. The zero-order valence-electron chi connectivity index (χ0n) is 13.0. The van der Waals surface area contributed by atoms with Crippen LogP contribution in [-0.2, 0) is 21.2 Å². The molecule has 0 radical (unpaired) electrons. The Labute approximate surface area is 140 Å². The minimum absolute atomic E-state index is 0.0365. The highest BCUT2D eigenvalue weighted by atomic mass is 32.2. The fourth-order valence-corrected chi connectivity index (χ4v) is 4.38. The van der Waals surface area contributed by atoms with E-state index >= 15 is 0 Å². The first-order valence-corrected chi connectivity index (χ1v) is 9.07. The molecule has 124 valence electrons. The molecule has 0 aliphatic carbocycles. The Kier molecular flexibility index (Phi) is 3.36. The number of rotatable bonds is 3. The quantitative estimate of drug-likeness (QED) is 0.918. The molecule has 2 aromatic rings. The molecule has 1 unspecified atom stereocenters. The van der Waals surface area contributed by atoms with Gasteiger partial charge in [-0.3, -0.25) is 4.79 Å². The van der Waals surface area contributed by atoms with Crippen molar-refractivity contribution in [3.63, 3.8) is 0 Å². The van der Waals surface area contributed by atoms with Crippen LogP contribution in [0.4, 0.5) is 5.69 Å². The summed E-state index contributed by atoms with van der Waals surface area (Å²) in [5, 5.41) is 0. The normalized spacial score (nSPS) is 19.1. The molecule has 2 aliphatic rings. The van der Waals surface area contributed by atoms with Crippen molar-refractivity contribution < 1.29 is 17.9 Å². The molecule has 2 aliphatic heterocycles. The number of nitrogens with one attached hydrogen (secondary N) is 1. The molecule has 0 saturated heterocycles. The number of carbonyl (C=O) groups excluding carboxylic acids is 1. The second-order valence-corrected chi connectivity index (χ2v) is 7.66. The third kappa shape index (κ3) is 2.37. The number of ether oxygens (including phenoxy) is 1. The lowest BCUT2D eigenvalue weighted by atomic mass is 10.1. The molecule has 0 spiro atoms. The van der Waals surface area contributed by atoms with E-state index < -0.39 is 16.1 Å². The number of fused-ring (bicyclic) bond motifs is 2. The Balaban J connectivity index is 1.63. The number of anilines is 1. The van der Waals surface area contributed by atoms with Crippen LogP contribution in [0.1, 0.15) is 17.2 Å². The lowest BCUT2D eigenvalue weighted by Gasteiger charge is -2.14. The van der Waals surface area contributed by atoms with Gasteiger partial charge >= 0.3 is 0 Å². The third-order valence-corrected chi connectivity index (χ3v) is 5.91. The summed E-state index contributed by atoms with van der Waals surface area (Å²) in [7, 11) is -2.01. The predicted octanol–water partition coefficient (Wildman–Crippen LogP) is 1.62. The van der Waals surface area contributed by atoms with Gasteiger partial charge in [0.05, 0.1) is 17.4 Å². The first-order chi connectivity index (χ1) is 11.5. The standard InChI is InChI=1S/C17H16N2O4S/c1-19-15-7-6-12(8-11(15)9-17(19)20)24(21,22)18-14-10-23-16-5-3-2-4-13(14)16/h2-8,14,18H,9-10H2,1H3. The van der Waals surface area contributed by atoms with E-state index in [1.54, 1.807) is 24.1 Å². The molecule has 7 heteroatoms. The summed E-state index contributed by atoms with van der Waals surface area (Å²) in [5.41, 5.74) is 2.32. The van der Waals surface area contributed by atoms with Crippen LogP contribution in [0.15, 0.2) is 47.4 Å². The van der Waals surface area contributed by atoms with Crippen LogP contribution in [-0.4, -0.2) is 28.0 Å². The number of benzene rings is 2. The van der Waals surface area contributed by atoms with Gasteiger partial charge < -0.3 is 9.64 Å². The number of amides is 1. The molecule has 1 amide bonds. The molecule has 0 saturated carbocycles. The maximum absolute atomic E-state index is 12.7. The molecule has 24 heavy (non-hydrogen) atoms. The third-order valence-electron chi connectivity index (χ3n) is 4.44. The second kappa shape index (κ2) is 5.32. The van der Waals surface area contributed by atoms with Crippen LogP contribution in [0.2, 0.25) is 0 Å². The van der Waals surface area contributed by atoms with Crippen LogP contribution in [0.3, 0.4) is 0 Å². The van der Waals surface area contributed by atoms with Gasteiger partial charge in [0, 0.05) is 18.3 Å². The summed E-state index contributed by atoms with van der Waals surface area (Å²) in [6.45, 7) is 0.269. The Hall–Kier alpha value is -2.38. The van der Waals surface area contributed by atoms with E-state index in [1.807, 2.05) is 24.3 Å². The number of likely N-dealkylation sites (N-methyl/N-ethyl adjacent to an activating group) is 1. The fraction of sp³-hybridized carbons (Fsp3) is 0.235. The first-order valence-electron chi connectivity index (χ1n) is 7.59. The number of nitrogens with zero attached hydrogens (tertiary/aromatic N) is 1. The largest absolute Gasteiger partial charge is 0.491 e. The number of hydrogen-bond acceptors (Lipinski definition) is 4.